The number of hydrogen-bond acceptors (Lipinski definition) is 3. The highest BCUT2D eigenvalue weighted by molar-refractivity contribution is 7.26. The Kier molecular flexibility index (Phi) is 9.22. The maximum absolute atomic E-state index is 2.72. The molecule has 3 heterocycles. The van der Waals surface area contributed by atoms with E-state index in [2.05, 4.69) is 212 Å². The predicted octanol–water partition coefficient (Wildman–Crippen LogP) is 16.0. The van der Waals surface area contributed by atoms with E-state index in [0.717, 1.165) is 0 Å². The standard InChI is InChI=1S/C62H71BN2S/c1-36-19-17-18-20-47(36)65-51-31-39(58(6,7)8)30-50-55(51)63(45-22-24-52-54(56(45)65)40-32-41-44(35-53(40)66-52)62(15,16)28-25-59(41,9)10)46-33-42-43(61(13,14)27-26-60(42,11)12)34-49(46)64(50)48-23-21-38(29-37(48)2)57(3,4)5/h17-24,29-35H,25-28H2,1-16H3. The molecule has 4 heteroatoms. The van der Waals surface area contributed by atoms with E-state index in [1.54, 1.807) is 0 Å². The monoisotopic (exact) mass is 887 g/mol. The molecule has 66 heavy (non-hydrogen) atoms. The first-order chi connectivity index (χ1) is 30.8. The maximum Gasteiger partial charge on any atom is 0.252 e. The van der Waals surface area contributed by atoms with Crippen molar-refractivity contribution in [3.8, 4) is 0 Å². The SMILES string of the molecule is Cc1cc(C(C)(C)C)ccc1N1c2cc3c(cc2B2c4ccc5sc6cc7c(cc6c5c4N(c4ccccc4C)c4cc(C(C)(C)C)cc1c42)C(C)(C)CCC7(C)C)C(C)(C)CCC3(C)C. The van der Waals surface area contributed by atoms with Crippen LogP contribution in [-0.2, 0) is 32.5 Å². The molecule has 2 aliphatic carbocycles. The summed E-state index contributed by atoms with van der Waals surface area (Å²) in [5, 5.41) is 2.81. The van der Waals surface area contributed by atoms with Crippen LogP contribution in [0.2, 0.25) is 0 Å². The minimum absolute atomic E-state index is 0.0400. The molecule has 0 atom stereocenters. The number of thiophene rings is 1. The number of benzene rings is 6. The Morgan fingerprint density at radius 1 is 0.470 bits per heavy atom. The molecule has 338 valence electrons. The van der Waals surface area contributed by atoms with Gasteiger partial charge in [0, 0.05) is 48.6 Å². The molecule has 11 rings (SSSR count). The number of aryl methyl sites for hydroxylation is 2. The van der Waals surface area contributed by atoms with Crippen LogP contribution in [0.4, 0.5) is 34.1 Å². The molecule has 4 aliphatic rings. The van der Waals surface area contributed by atoms with Crippen molar-refractivity contribution in [1.29, 1.82) is 0 Å². The molecular weight excluding hydrogens is 816 g/mol. The van der Waals surface area contributed by atoms with E-state index in [9.17, 15) is 0 Å². The van der Waals surface area contributed by atoms with E-state index in [1.807, 2.05) is 11.3 Å². The number of nitrogens with zero attached hydrogens (tertiary/aromatic N) is 2. The first-order valence-corrected chi connectivity index (χ1v) is 25.8. The fraction of sp³-hybridized carbons (Fsp3) is 0.419. The van der Waals surface area contributed by atoms with E-state index in [0.29, 0.717) is 0 Å². The summed E-state index contributed by atoms with van der Waals surface area (Å²) in [4.78, 5) is 5.43. The van der Waals surface area contributed by atoms with Crippen molar-refractivity contribution in [3.05, 3.63) is 136 Å². The summed E-state index contributed by atoms with van der Waals surface area (Å²) in [6.45, 7) is 38.8. The lowest BCUT2D eigenvalue weighted by molar-refractivity contribution is 0.332. The maximum atomic E-state index is 2.72. The molecule has 0 saturated heterocycles. The molecule has 2 nitrogen and oxygen atoms in total. The van der Waals surface area contributed by atoms with Gasteiger partial charge in [-0.05, 0) is 181 Å². The van der Waals surface area contributed by atoms with E-state index < -0.39 is 0 Å². The quantitative estimate of drug-likeness (QED) is 0.160. The van der Waals surface area contributed by atoms with Crippen molar-refractivity contribution in [1.82, 2.24) is 0 Å². The molecular formula is C62H71BN2S. The number of anilines is 6. The third-order valence-electron chi connectivity index (χ3n) is 17.1. The minimum atomic E-state index is -0.101. The molecule has 0 unspecified atom stereocenters. The molecule has 2 aliphatic heterocycles. The fourth-order valence-electron chi connectivity index (χ4n) is 12.6. The van der Waals surface area contributed by atoms with Gasteiger partial charge in [-0.2, -0.15) is 0 Å². The van der Waals surface area contributed by atoms with Crippen LogP contribution in [0.25, 0.3) is 20.2 Å². The summed E-state index contributed by atoms with van der Waals surface area (Å²) in [6, 6.07) is 37.3. The average Bonchev–Trinajstić information content (AvgIpc) is 3.61. The normalized spacial score (nSPS) is 18.8. The molecule has 0 saturated carbocycles. The highest BCUT2D eigenvalue weighted by Crippen LogP contribution is 2.55. The van der Waals surface area contributed by atoms with Crippen molar-refractivity contribution in [2.75, 3.05) is 9.80 Å². The van der Waals surface area contributed by atoms with E-state index in [-0.39, 0.29) is 39.2 Å². The number of para-hydroxylation sites is 1. The fourth-order valence-corrected chi connectivity index (χ4v) is 13.7. The van der Waals surface area contributed by atoms with Gasteiger partial charge in [-0.3, -0.25) is 0 Å². The van der Waals surface area contributed by atoms with Gasteiger partial charge in [0.05, 0.1) is 5.69 Å². The van der Waals surface area contributed by atoms with E-state index in [4.69, 9.17) is 0 Å². The van der Waals surface area contributed by atoms with Gasteiger partial charge in [0.1, 0.15) is 0 Å². The topological polar surface area (TPSA) is 6.48 Å². The molecule has 7 aromatic rings. The highest BCUT2D eigenvalue weighted by atomic mass is 32.1. The van der Waals surface area contributed by atoms with Gasteiger partial charge in [-0.15, -0.1) is 11.3 Å². The predicted molar refractivity (Wildman–Crippen MR) is 291 cm³/mol. The number of rotatable bonds is 2. The van der Waals surface area contributed by atoms with Crippen LogP contribution < -0.4 is 26.2 Å². The molecule has 0 N–H and O–H groups in total. The van der Waals surface area contributed by atoms with Gasteiger partial charge < -0.3 is 9.80 Å². The summed E-state index contributed by atoms with van der Waals surface area (Å²) in [5.74, 6) is 0. The Morgan fingerprint density at radius 3 is 1.61 bits per heavy atom. The van der Waals surface area contributed by atoms with Crippen molar-refractivity contribution < 1.29 is 0 Å². The minimum Gasteiger partial charge on any atom is -0.311 e. The lowest BCUT2D eigenvalue weighted by atomic mass is 9.33. The average molecular weight is 887 g/mol. The van der Waals surface area contributed by atoms with Crippen LogP contribution in [0.1, 0.15) is 167 Å². The van der Waals surface area contributed by atoms with Crippen molar-refractivity contribution in [3.63, 3.8) is 0 Å². The summed E-state index contributed by atoms with van der Waals surface area (Å²) >= 11 is 2.00. The summed E-state index contributed by atoms with van der Waals surface area (Å²) in [5.41, 5.74) is 23.9. The number of fused-ring (bicyclic) bond motifs is 10. The van der Waals surface area contributed by atoms with Gasteiger partial charge in [0.25, 0.3) is 6.71 Å². The third kappa shape index (κ3) is 6.32. The van der Waals surface area contributed by atoms with Crippen LogP contribution in [0.15, 0.2) is 91.0 Å². The van der Waals surface area contributed by atoms with Crippen molar-refractivity contribution in [2.45, 2.75) is 169 Å². The van der Waals surface area contributed by atoms with Crippen molar-refractivity contribution >= 4 is 88.7 Å². The molecule has 0 fully saturated rings. The zero-order valence-corrected chi connectivity index (χ0v) is 43.7. The van der Waals surface area contributed by atoms with Crippen LogP contribution in [0.3, 0.4) is 0 Å². The first kappa shape index (κ1) is 43.8. The number of hydrogen-bond donors (Lipinski definition) is 0. The lowest BCUT2D eigenvalue weighted by Gasteiger charge is -2.48. The molecule has 0 spiro atoms. The summed E-state index contributed by atoms with van der Waals surface area (Å²) < 4.78 is 2.78. The highest BCUT2D eigenvalue weighted by Gasteiger charge is 2.48. The van der Waals surface area contributed by atoms with Crippen LogP contribution in [0.5, 0.6) is 0 Å². The van der Waals surface area contributed by atoms with Gasteiger partial charge in [0.15, 0.2) is 0 Å². The smallest absolute Gasteiger partial charge is 0.252 e. The largest absolute Gasteiger partial charge is 0.311 e. The summed E-state index contributed by atoms with van der Waals surface area (Å²) in [6.07, 6.45) is 4.77. The van der Waals surface area contributed by atoms with Crippen LogP contribution >= 0.6 is 11.3 Å². The molecule has 0 bridgehead atoms. The molecule has 1 aromatic heterocycles. The third-order valence-corrected chi connectivity index (χ3v) is 18.3. The van der Waals surface area contributed by atoms with Gasteiger partial charge in [-0.1, -0.05) is 139 Å². The Morgan fingerprint density at radius 2 is 1.02 bits per heavy atom. The molecule has 0 amide bonds. The van der Waals surface area contributed by atoms with Crippen LogP contribution in [-0.4, -0.2) is 6.71 Å². The second-order valence-electron chi connectivity index (χ2n) is 25.7. The molecule has 0 radical (unpaired) electrons. The zero-order chi connectivity index (χ0) is 47.0. The second kappa shape index (κ2) is 13.9. The van der Waals surface area contributed by atoms with Crippen LogP contribution in [0, 0.1) is 13.8 Å². The van der Waals surface area contributed by atoms with Crippen molar-refractivity contribution in [2.24, 2.45) is 0 Å². The Hall–Kier alpha value is -4.80. The van der Waals surface area contributed by atoms with E-state index >= 15 is 0 Å². The zero-order valence-electron chi connectivity index (χ0n) is 42.9. The Labute approximate surface area is 400 Å². The second-order valence-corrected chi connectivity index (χ2v) is 26.8. The Bertz CT molecular complexity index is 3210. The summed E-state index contributed by atoms with van der Waals surface area (Å²) in [7, 11) is 0. The Balaban J connectivity index is 1.32. The first-order valence-electron chi connectivity index (χ1n) is 25.0. The van der Waals surface area contributed by atoms with Gasteiger partial charge in [-0.25, -0.2) is 0 Å². The molecule has 6 aromatic carbocycles. The van der Waals surface area contributed by atoms with Gasteiger partial charge in [0.2, 0.25) is 0 Å². The lowest BCUT2D eigenvalue weighted by Crippen LogP contribution is -2.62. The van der Waals surface area contributed by atoms with E-state index in [1.165, 1.54) is 141 Å². The van der Waals surface area contributed by atoms with Gasteiger partial charge >= 0.3 is 0 Å².